The van der Waals surface area contributed by atoms with Crippen LogP contribution in [0.3, 0.4) is 0 Å². The smallest absolute Gasteiger partial charge is 0.338 e. The fraction of sp³-hybridized carbons (Fsp3) is 0.167. The summed E-state index contributed by atoms with van der Waals surface area (Å²) >= 11 is 0. The van der Waals surface area contributed by atoms with E-state index in [0.29, 0.717) is 11.1 Å². The highest BCUT2D eigenvalue weighted by Crippen LogP contribution is 2.21. The Morgan fingerprint density at radius 3 is 2.10 bits per heavy atom. The molecule has 2 aromatic rings. The molecule has 0 saturated carbocycles. The van der Waals surface area contributed by atoms with E-state index in [1.807, 2.05) is 36.4 Å². The molecule has 0 aromatic heterocycles. The molecule has 0 fully saturated rings. The average molecular weight is 284 g/mol. The molecule has 0 aliphatic carbocycles. The van der Waals surface area contributed by atoms with E-state index in [1.54, 1.807) is 24.3 Å². The second kappa shape index (κ2) is 7.39. The number of hydrogen-bond acceptors (Lipinski definition) is 2. The van der Waals surface area contributed by atoms with Crippen LogP contribution in [0, 0.1) is 0 Å². The van der Waals surface area contributed by atoms with E-state index in [0.717, 1.165) is 5.56 Å². The standard InChI is InChI=1S/C18H17FO2/c1-14(15-8-4-2-5-9-15)17(19)12-13-21-18(20)16-10-6-3-7-11-16/h2-11,17H,1,12-13H2. The van der Waals surface area contributed by atoms with Crippen LogP contribution in [0.2, 0.25) is 0 Å². The number of hydrogen-bond donors (Lipinski definition) is 0. The lowest BCUT2D eigenvalue weighted by molar-refractivity contribution is 0.0484. The summed E-state index contributed by atoms with van der Waals surface area (Å²) in [6.07, 6.45) is -1.12. The van der Waals surface area contributed by atoms with Crippen molar-refractivity contribution in [2.75, 3.05) is 6.61 Å². The molecule has 0 heterocycles. The van der Waals surface area contributed by atoms with Crippen molar-refractivity contribution in [2.45, 2.75) is 12.6 Å². The predicted octanol–water partition coefficient (Wildman–Crippen LogP) is 4.29. The Hall–Kier alpha value is -2.42. The third-order valence-electron chi connectivity index (χ3n) is 3.14. The van der Waals surface area contributed by atoms with E-state index in [9.17, 15) is 9.18 Å². The second-order valence-corrected chi connectivity index (χ2v) is 4.65. The maximum Gasteiger partial charge on any atom is 0.338 e. The van der Waals surface area contributed by atoms with E-state index < -0.39 is 12.1 Å². The lowest BCUT2D eigenvalue weighted by Crippen LogP contribution is -2.11. The Kier molecular flexibility index (Phi) is 5.27. The first-order valence-electron chi connectivity index (χ1n) is 6.79. The first kappa shape index (κ1) is 15.0. The lowest BCUT2D eigenvalue weighted by atomic mass is 10.0. The van der Waals surface area contributed by atoms with Gasteiger partial charge in [0.2, 0.25) is 0 Å². The number of carbonyl (C=O) groups excluding carboxylic acids is 1. The van der Waals surface area contributed by atoms with E-state index in [2.05, 4.69) is 6.58 Å². The van der Waals surface area contributed by atoms with Gasteiger partial charge in [0.1, 0.15) is 6.17 Å². The number of halogens is 1. The lowest BCUT2D eigenvalue weighted by Gasteiger charge is -2.12. The molecule has 2 aromatic carbocycles. The van der Waals surface area contributed by atoms with Crippen LogP contribution in [0.1, 0.15) is 22.3 Å². The molecule has 21 heavy (non-hydrogen) atoms. The molecule has 108 valence electrons. The summed E-state index contributed by atoms with van der Waals surface area (Å²) in [5.41, 5.74) is 1.64. The van der Waals surface area contributed by atoms with Crippen LogP contribution >= 0.6 is 0 Å². The molecule has 0 aliphatic heterocycles. The van der Waals surface area contributed by atoms with Crippen molar-refractivity contribution < 1.29 is 13.9 Å². The number of allylic oxidation sites excluding steroid dienone is 1. The van der Waals surface area contributed by atoms with Crippen LogP contribution in [0.25, 0.3) is 5.57 Å². The Morgan fingerprint density at radius 1 is 1.00 bits per heavy atom. The van der Waals surface area contributed by atoms with Crippen molar-refractivity contribution in [2.24, 2.45) is 0 Å². The van der Waals surface area contributed by atoms with Crippen molar-refractivity contribution in [1.82, 2.24) is 0 Å². The fourth-order valence-corrected chi connectivity index (χ4v) is 1.92. The van der Waals surface area contributed by atoms with Gasteiger partial charge in [0.15, 0.2) is 0 Å². The summed E-state index contributed by atoms with van der Waals surface area (Å²) in [4.78, 5) is 11.7. The minimum Gasteiger partial charge on any atom is -0.462 e. The monoisotopic (exact) mass is 284 g/mol. The molecule has 0 saturated heterocycles. The molecule has 2 nitrogen and oxygen atoms in total. The van der Waals surface area contributed by atoms with Crippen molar-refractivity contribution in [3.63, 3.8) is 0 Å². The first-order chi connectivity index (χ1) is 10.2. The van der Waals surface area contributed by atoms with Crippen molar-refractivity contribution >= 4 is 11.5 Å². The summed E-state index contributed by atoms with van der Waals surface area (Å²) in [5.74, 6) is -0.437. The largest absolute Gasteiger partial charge is 0.462 e. The van der Waals surface area contributed by atoms with E-state index in [4.69, 9.17) is 4.74 Å². The average Bonchev–Trinajstić information content (AvgIpc) is 2.55. The fourth-order valence-electron chi connectivity index (χ4n) is 1.92. The van der Waals surface area contributed by atoms with Gasteiger partial charge in [-0.2, -0.15) is 0 Å². The Balaban J connectivity index is 1.81. The van der Waals surface area contributed by atoms with Gasteiger partial charge < -0.3 is 4.74 Å². The molecule has 0 spiro atoms. The summed E-state index contributed by atoms with van der Waals surface area (Å²) in [5, 5.41) is 0. The SMILES string of the molecule is C=C(c1ccccc1)C(F)CCOC(=O)c1ccccc1. The number of benzene rings is 2. The van der Waals surface area contributed by atoms with E-state index in [1.165, 1.54) is 0 Å². The molecule has 1 unspecified atom stereocenters. The van der Waals surface area contributed by atoms with E-state index >= 15 is 0 Å². The summed E-state index contributed by atoms with van der Waals surface area (Å²) < 4.78 is 19.1. The molecule has 0 aliphatic rings. The maximum atomic E-state index is 14.0. The van der Waals surface area contributed by atoms with Crippen LogP contribution in [0.15, 0.2) is 67.2 Å². The molecule has 0 radical (unpaired) electrons. The van der Waals surface area contributed by atoms with Gasteiger partial charge in [0.25, 0.3) is 0 Å². The zero-order chi connectivity index (χ0) is 15.1. The molecule has 2 rings (SSSR count). The topological polar surface area (TPSA) is 26.3 Å². The Morgan fingerprint density at radius 2 is 1.52 bits per heavy atom. The van der Waals surface area contributed by atoms with Gasteiger partial charge in [0.05, 0.1) is 12.2 Å². The zero-order valence-electron chi connectivity index (χ0n) is 11.7. The first-order valence-corrected chi connectivity index (χ1v) is 6.79. The molecular weight excluding hydrogens is 267 g/mol. The molecule has 1 atom stereocenters. The van der Waals surface area contributed by atoms with Gasteiger partial charge in [0, 0.05) is 6.42 Å². The molecule has 0 N–H and O–H groups in total. The zero-order valence-corrected chi connectivity index (χ0v) is 11.7. The van der Waals surface area contributed by atoms with Gasteiger partial charge >= 0.3 is 5.97 Å². The van der Waals surface area contributed by atoms with Gasteiger partial charge in [-0.05, 0) is 23.3 Å². The number of esters is 1. The quantitative estimate of drug-likeness (QED) is 0.740. The minimum absolute atomic E-state index is 0.0285. The summed E-state index contributed by atoms with van der Waals surface area (Å²) in [6, 6.07) is 17.8. The number of carbonyl (C=O) groups is 1. The maximum absolute atomic E-state index is 14.0. The van der Waals surface area contributed by atoms with Gasteiger partial charge in [-0.25, -0.2) is 9.18 Å². The molecule has 0 bridgehead atoms. The predicted molar refractivity (Wildman–Crippen MR) is 81.7 cm³/mol. The Labute approximate surface area is 123 Å². The third kappa shape index (κ3) is 4.28. The van der Waals surface area contributed by atoms with Crippen molar-refractivity contribution in [1.29, 1.82) is 0 Å². The minimum atomic E-state index is -1.23. The Bertz CT molecular complexity index is 593. The van der Waals surface area contributed by atoms with Crippen LogP contribution in [-0.4, -0.2) is 18.7 Å². The van der Waals surface area contributed by atoms with Crippen molar-refractivity contribution in [3.05, 3.63) is 78.4 Å². The van der Waals surface area contributed by atoms with Gasteiger partial charge in [-0.1, -0.05) is 55.1 Å². The van der Waals surface area contributed by atoms with Crippen LogP contribution < -0.4 is 0 Å². The van der Waals surface area contributed by atoms with Crippen LogP contribution in [-0.2, 0) is 4.74 Å². The second-order valence-electron chi connectivity index (χ2n) is 4.65. The number of ether oxygens (including phenoxy) is 1. The molecule has 0 amide bonds. The number of rotatable bonds is 6. The normalized spacial score (nSPS) is 11.7. The summed E-state index contributed by atoms with van der Waals surface area (Å²) in [7, 11) is 0. The summed E-state index contributed by atoms with van der Waals surface area (Å²) in [6.45, 7) is 3.79. The van der Waals surface area contributed by atoms with Crippen LogP contribution in [0.5, 0.6) is 0 Å². The highest BCUT2D eigenvalue weighted by molar-refractivity contribution is 5.89. The highest BCUT2D eigenvalue weighted by atomic mass is 19.1. The third-order valence-corrected chi connectivity index (χ3v) is 3.14. The van der Waals surface area contributed by atoms with Gasteiger partial charge in [-0.15, -0.1) is 0 Å². The highest BCUT2D eigenvalue weighted by Gasteiger charge is 2.14. The molecular formula is C18H17FO2. The van der Waals surface area contributed by atoms with E-state index in [-0.39, 0.29) is 13.0 Å². The number of alkyl halides is 1. The van der Waals surface area contributed by atoms with Crippen molar-refractivity contribution in [3.8, 4) is 0 Å². The molecule has 3 heteroatoms. The van der Waals surface area contributed by atoms with Crippen LogP contribution in [0.4, 0.5) is 4.39 Å². The van der Waals surface area contributed by atoms with Gasteiger partial charge in [-0.3, -0.25) is 0 Å².